The highest BCUT2D eigenvalue weighted by atomic mass is 16.6. The summed E-state index contributed by atoms with van der Waals surface area (Å²) >= 11 is 0. The Labute approximate surface area is 113 Å². The summed E-state index contributed by atoms with van der Waals surface area (Å²) in [4.78, 5) is 15.5. The van der Waals surface area contributed by atoms with Gasteiger partial charge in [-0.2, -0.15) is 0 Å². The van der Waals surface area contributed by atoms with Crippen LogP contribution in [-0.2, 0) is 9.53 Å². The number of nitrogen functional groups attached to an aromatic ring is 1. The molecule has 0 unspecified atom stereocenters. The summed E-state index contributed by atoms with van der Waals surface area (Å²) in [6.45, 7) is 5.50. The number of carbonyl (C=O) groups excluding carboxylic acids is 1. The smallest absolute Gasteiger partial charge is 0.310 e. The lowest BCUT2D eigenvalue weighted by Crippen LogP contribution is -2.23. The van der Waals surface area contributed by atoms with Gasteiger partial charge in [0.25, 0.3) is 0 Å². The molecular weight excluding hydrogens is 244 g/mol. The average molecular weight is 264 g/mol. The summed E-state index contributed by atoms with van der Waals surface area (Å²) in [5.74, 6) is 0.186. The molecule has 0 spiro atoms. The first kappa shape index (κ1) is 15.0. The zero-order valence-corrected chi connectivity index (χ0v) is 11.8. The van der Waals surface area contributed by atoms with E-state index in [0.29, 0.717) is 11.6 Å². The molecule has 104 valence electrons. The number of carbonyl (C=O) groups is 1. The Hall–Kier alpha value is -2.04. The van der Waals surface area contributed by atoms with Crippen LogP contribution in [0.3, 0.4) is 0 Å². The molecule has 2 N–H and O–H groups in total. The Bertz CT molecular complexity index is 476. The van der Waals surface area contributed by atoms with Crippen molar-refractivity contribution in [2.24, 2.45) is 0 Å². The Balaban J connectivity index is 2.60. The predicted molar refractivity (Wildman–Crippen MR) is 74.7 cm³/mol. The lowest BCUT2D eigenvalue weighted by atomic mass is 10.2. The van der Waals surface area contributed by atoms with Crippen LogP contribution in [0, 0.1) is 0 Å². The number of hydrogen-bond acceptors (Lipinski definition) is 5. The first-order valence-electron chi connectivity index (χ1n) is 6.00. The fraction of sp³-hybridized carbons (Fsp3) is 0.429. The lowest BCUT2D eigenvalue weighted by molar-refractivity contribution is -0.153. The van der Waals surface area contributed by atoms with Crippen molar-refractivity contribution in [1.82, 2.24) is 4.98 Å². The van der Waals surface area contributed by atoms with Crippen molar-refractivity contribution >= 4 is 17.7 Å². The van der Waals surface area contributed by atoms with Crippen molar-refractivity contribution in [3.8, 4) is 5.88 Å². The van der Waals surface area contributed by atoms with Crippen LogP contribution in [-0.4, -0.2) is 23.7 Å². The Morgan fingerprint density at radius 1 is 1.47 bits per heavy atom. The summed E-state index contributed by atoms with van der Waals surface area (Å²) in [6, 6.07) is 1.63. The summed E-state index contributed by atoms with van der Waals surface area (Å²) in [7, 11) is 1.53. The number of nitrogens with two attached hydrogens (primary N) is 1. The van der Waals surface area contributed by atoms with Gasteiger partial charge in [0.05, 0.1) is 13.5 Å². The molecule has 5 nitrogen and oxygen atoms in total. The van der Waals surface area contributed by atoms with Gasteiger partial charge in [-0.25, -0.2) is 4.98 Å². The van der Waals surface area contributed by atoms with E-state index in [2.05, 4.69) is 4.98 Å². The van der Waals surface area contributed by atoms with Crippen LogP contribution in [0.1, 0.15) is 32.8 Å². The SMILES string of the molecule is COc1cc(N)c(/C=C/CC(=O)OC(C)(C)C)cn1. The number of ether oxygens (including phenoxy) is 2. The van der Waals surface area contributed by atoms with Gasteiger partial charge >= 0.3 is 5.97 Å². The largest absolute Gasteiger partial charge is 0.481 e. The van der Waals surface area contributed by atoms with Crippen LogP contribution in [0.15, 0.2) is 18.3 Å². The molecule has 0 saturated carbocycles. The molecule has 1 aromatic rings. The van der Waals surface area contributed by atoms with E-state index in [-0.39, 0.29) is 12.4 Å². The van der Waals surface area contributed by atoms with Gasteiger partial charge in [-0.3, -0.25) is 4.79 Å². The standard InChI is InChI=1S/C14H20N2O3/c1-14(2,3)19-13(17)7-5-6-10-9-16-12(18-4)8-11(10)15/h5-6,8-9H,7H2,1-4H3,(H2,15,16)/b6-5+. The van der Waals surface area contributed by atoms with Crippen molar-refractivity contribution in [1.29, 1.82) is 0 Å². The molecule has 1 heterocycles. The van der Waals surface area contributed by atoms with Crippen molar-refractivity contribution in [2.75, 3.05) is 12.8 Å². The first-order valence-corrected chi connectivity index (χ1v) is 6.00. The summed E-state index contributed by atoms with van der Waals surface area (Å²) in [5.41, 5.74) is 6.65. The molecule has 0 radical (unpaired) electrons. The number of methoxy groups -OCH3 is 1. The van der Waals surface area contributed by atoms with Gasteiger partial charge < -0.3 is 15.2 Å². The van der Waals surface area contributed by atoms with Crippen molar-refractivity contribution in [3.05, 3.63) is 23.9 Å². The van der Waals surface area contributed by atoms with Gasteiger partial charge in [0, 0.05) is 23.5 Å². The molecule has 0 saturated heterocycles. The highest BCUT2D eigenvalue weighted by Crippen LogP contribution is 2.18. The van der Waals surface area contributed by atoms with E-state index >= 15 is 0 Å². The summed E-state index contributed by atoms with van der Waals surface area (Å²) in [6.07, 6.45) is 5.24. The monoisotopic (exact) mass is 264 g/mol. The topological polar surface area (TPSA) is 74.4 Å². The lowest BCUT2D eigenvalue weighted by Gasteiger charge is -2.18. The number of esters is 1. The van der Waals surface area contributed by atoms with E-state index in [1.54, 1.807) is 24.4 Å². The Morgan fingerprint density at radius 2 is 2.16 bits per heavy atom. The van der Waals surface area contributed by atoms with Crippen LogP contribution in [0.25, 0.3) is 6.08 Å². The zero-order chi connectivity index (χ0) is 14.5. The highest BCUT2D eigenvalue weighted by Gasteiger charge is 2.14. The molecule has 0 aliphatic rings. The van der Waals surface area contributed by atoms with Gasteiger partial charge in [-0.15, -0.1) is 0 Å². The van der Waals surface area contributed by atoms with Gasteiger partial charge in [-0.05, 0) is 20.8 Å². The number of hydrogen-bond donors (Lipinski definition) is 1. The molecule has 0 aliphatic carbocycles. The molecular formula is C14H20N2O3. The van der Waals surface area contributed by atoms with Gasteiger partial charge in [0.2, 0.25) is 5.88 Å². The molecule has 1 rings (SSSR count). The summed E-state index contributed by atoms with van der Waals surface area (Å²) < 4.78 is 10.1. The van der Waals surface area contributed by atoms with Crippen LogP contribution in [0.5, 0.6) is 5.88 Å². The maximum absolute atomic E-state index is 11.5. The summed E-state index contributed by atoms with van der Waals surface area (Å²) in [5, 5.41) is 0. The number of anilines is 1. The third-order valence-corrected chi connectivity index (χ3v) is 2.15. The molecule has 0 aromatic carbocycles. The van der Waals surface area contributed by atoms with Gasteiger partial charge in [-0.1, -0.05) is 12.2 Å². The quantitative estimate of drug-likeness (QED) is 0.845. The average Bonchev–Trinajstić information content (AvgIpc) is 2.28. The van der Waals surface area contributed by atoms with Crippen LogP contribution < -0.4 is 10.5 Å². The zero-order valence-electron chi connectivity index (χ0n) is 11.8. The number of pyridine rings is 1. The molecule has 0 atom stereocenters. The Morgan fingerprint density at radius 3 is 2.68 bits per heavy atom. The molecule has 1 aromatic heterocycles. The van der Waals surface area contributed by atoms with E-state index in [1.807, 2.05) is 20.8 Å². The van der Waals surface area contributed by atoms with E-state index in [1.165, 1.54) is 7.11 Å². The second kappa shape index (κ2) is 6.22. The first-order chi connectivity index (χ1) is 8.81. The minimum atomic E-state index is -0.467. The maximum Gasteiger partial charge on any atom is 0.310 e. The third kappa shape index (κ3) is 5.42. The number of rotatable bonds is 4. The number of aromatic nitrogens is 1. The minimum Gasteiger partial charge on any atom is -0.481 e. The van der Waals surface area contributed by atoms with Crippen molar-refractivity contribution in [3.63, 3.8) is 0 Å². The highest BCUT2D eigenvalue weighted by molar-refractivity contribution is 5.74. The minimum absolute atomic E-state index is 0.197. The van der Waals surface area contributed by atoms with Crippen LogP contribution in [0.4, 0.5) is 5.69 Å². The van der Waals surface area contributed by atoms with E-state index < -0.39 is 5.60 Å². The fourth-order valence-electron chi connectivity index (χ4n) is 1.38. The molecule has 0 fully saturated rings. The van der Waals surface area contributed by atoms with Crippen LogP contribution >= 0.6 is 0 Å². The molecule has 19 heavy (non-hydrogen) atoms. The normalized spacial score (nSPS) is 11.6. The van der Waals surface area contributed by atoms with E-state index in [0.717, 1.165) is 5.56 Å². The molecule has 0 amide bonds. The van der Waals surface area contributed by atoms with E-state index in [4.69, 9.17) is 15.2 Å². The molecule has 0 bridgehead atoms. The molecule has 0 aliphatic heterocycles. The van der Waals surface area contributed by atoms with Gasteiger partial charge in [0.1, 0.15) is 5.60 Å². The predicted octanol–water partition coefficient (Wildman–Crippen LogP) is 2.42. The third-order valence-electron chi connectivity index (χ3n) is 2.15. The van der Waals surface area contributed by atoms with Crippen molar-refractivity contribution < 1.29 is 14.3 Å². The Kier molecular flexibility index (Phi) is 4.92. The van der Waals surface area contributed by atoms with Crippen molar-refractivity contribution in [2.45, 2.75) is 32.8 Å². The maximum atomic E-state index is 11.5. The second-order valence-corrected chi connectivity index (χ2v) is 5.05. The molecule has 5 heteroatoms. The second-order valence-electron chi connectivity index (χ2n) is 5.05. The van der Waals surface area contributed by atoms with E-state index in [9.17, 15) is 4.79 Å². The van der Waals surface area contributed by atoms with Crippen LogP contribution in [0.2, 0.25) is 0 Å². The van der Waals surface area contributed by atoms with Gasteiger partial charge in [0.15, 0.2) is 0 Å². The number of nitrogens with zero attached hydrogens (tertiary/aromatic N) is 1. The fourth-order valence-corrected chi connectivity index (χ4v) is 1.38.